The number of nitrogens with one attached hydrogen (secondary N) is 1. The van der Waals surface area contributed by atoms with Gasteiger partial charge in [0, 0.05) is 38.4 Å². The second-order valence-corrected chi connectivity index (χ2v) is 5.64. The zero-order valence-corrected chi connectivity index (χ0v) is 12.9. The number of para-hydroxylation sites is 1. The number of carbonyl (C=O) groups is 2. The third-order valence-electron chi connectivity index (χ3n) is 3.88. The maximum atomic E-state index is 12.1. The van der Waals surface area contributed by atoms with Gasteiger partial charge in [0.15, 0.2) is 0 Å². The summed E-state index contributed by atoms with van der Waals surface area (Å²) in [7, 11) is 1.62. The molecule has 1 fully saturated rings. The number of urea groups is 1. The van der Waals surface area contributed by atoms with Gasteiger partial charge < -0.3 is 20.2 Å². The van der Waals surface area contributed by atoms with Crippen LogP contribution >= 0.6 is 0 Å². The maximum absolute atomic E-state index is 12.1. The Kier molecular flexibility index (Phi) is 5.63. The van der Waals surface area contributed by atoms with Crippen LogP contribution in [0.15, 0.2) is 30.3 Å². The standard InChI is InChI=1S/C16H23N3O3/c1-18(11-9-15(20)21)16(22)17-13-6-5-10-19(12-13)14-7-3-2-4-8-14/h2-4,7-8,13H,5-6,9-12H2,1H3,(H,17,22)(H,20,21). The van der Waals surface area contributed by atoms with Crippen molar-refractivity contribution in [3.63, 3.8) is 0 Å². The third kappa shape index (κ3) is 4.65. The van der Waals surface area contributed by atoms with Gasteiger partial charge in [-0.05, 0) is 25.0 Å². The van der Waals surface area contributed by atoms with Crippen molar-refractivity contribution in [3.05, 3.63) is 30.3 Å². The van der Waals surface area contributed by atoms with E-state index in [1.54, 1.807) is 7.05 Å². The van der Waals surface area contributed by atoms with Crippen LogP contribution in [-0.2, 0) is 4.79 Å². The Morgan fingerprint density at radius 3 is 2.77 bits per heavy atom. The molecule has 1 heterocycles. The van der Waals surface area contributed by atoms with Gasteiger partial charge in [-0.3, -0.25) is 4.79 Å². The first kappa shape index (κ1) is 16.1. The van der Waals surface area contributed by atoms with Crippen molar-refractivity contribution >= 4 is 17.7 Å². The minimum Gasteiger partial charge on any atom is -0.481 e. The maximum Gasteiger partial charge on any atom is 0.317 e. The number of piperidine rings is 1. The molecule has 120 valence electrons. The molecule has 0 spiro atoms. The average molecular weight is 305 g/mol. The second kappa shape index (κ2) is 7.68. The summed E-state index contributed by atoms with van der Waals surface area (Å²) in [5, 5.41) is 11.7. The van der Waals surface area contributed by atoms with Gasteiger partial charge in [0.2, 0.25) is 0 Å². The molecule has 6 nitrogen and oxygen atoms in total. The summed E-state index contributed by atoms with van der Waals surface area (Å²) in [5.41, 5.74) is 1.17. The van der Waals surface area contributed by atoms with Crippen LogP contribution in [0.1, 0.15) is 19.3 Å². The highest BCUT2D eigenvalue weighted by Gasteiger charge is 2.22. The number of hydrogen-bond acceptors (Lipinski definition) is 3. The fraction of sp³-hybridized carbons (Fsp3) is 0.500. The van der Waals surface area contributed by atoms with Gasteiger partial charge in [-0.15, -0.1) is 0 Å². The molecule has 1 unspecified atom stereocenters. The molecule has 2 N–H and O–H groups in total. The van der Waals surface area contributed by atoms with E-state index in [1.807, 2.05) is 18.2 Å². The number of benzene rings is 1. The van der Waals surface area contributed by atoms with Crippen LogP contribution in [0, 0.1) is 0 Å². The molecule has 0 aliphatic carbocycles. The number of carboxylic acids is 1. The van der Waals surface area contributed by atoms with E-state index < -0.39 is 5.97 Å². The van der Waals surface area contributed by atoms with Gasteiger partial charge in [0.25, 0.3) is 0 Å². The lowest BCUT2D eigenvalue weighted by Gasteiger charge is -2.35. The molecule has 1 aliphatic heterocycles. The second-order valence-electron chi connectivity index (χ2n) is 5.64. The lowest BCUT2D eigenvalue weighted by atomic mass is 10.1. The Labute approximate surface area is 130 Å². The number of rotatable bonds is 5. The van der Waals surface area contributed by atoms with Gasteiger partial charge in [-0.2, -0.15) is 0 Å². The van der Waals surface area contributed by atoms with Crippen molar-refractivity contribution in [3.8, 4) is 0 Å². The lowest BCUT2D eigenvalue weighted by molar-refractivity contribution is -0.137. The van der Waals surface area contributed by atoms with Crippen molar-refractivity contribution in [1.82, 2.24) is 10.2 Å². The van der Waals surface area contributed by atoms with Gasteiger partial charge >= 0.3 is 12.0 Å². The van der Waals surface area contributed by atoms with E-state index in [4.69, 9.17) is 5.11 Å². The number of anilines is 1. The van der Waals surface area contributed by atoms with Crippen LogP contribution in [0.2, 0.25) is 0 Å². The third-order valence-corrected chi connectivity index (χ3v) is 3.88. The van der Waals surface area contributed by atoms with Crippen molar-refractivity contribution in [1.29, 1.82) is 0 Å². The molecule has 1 aromatic carbocycles. The SMILES string of the molecule is CN(CCC(=O)O)C(=O)NC1CCCN(c2ccccc2)C1. The Bertz CT molecular complexity index is 507. The number of amides is 2. The smallest absolute Gasteiger partial charge is 0.317 e. The molecule has 2 rings (SSSR count). The molecule has 0 bridgehead atoms. The van der Waals surface area contributed by atoms with Gasteiger partial charge in [0.05, 0.1) is 6.42 Å². The summed E-state index contributed by atoms with van der Waals surface area (Å²) in [6, 6.07) is 10.0. The van der Waals surface area contributed by atoms with Crippen molar-refractivity contribution in [2.24, 2.45) is 0 Å². The highest BCUT2D eigenvalue weighted by atomic mass is 16.4. The van der Waals surface area contributed by atoms with E-state index >= 15 is 0 Å². The number of carboxylic acid groups (broad SMARTS) is 1. The number of carbonyl (C=O) groups excluding carboxylic acids is 1. The predicted molar refractivity (Wildman–Crippen MR) is 85.1 cm³/mol. The van der Waals surface area contributed by atoms with Crippen molar-refractivity contribution in [2.75, 3.05) is 31.6 Å². The van der Waals surface area contributed by atoms with Crippen molar-refractivity contribution in [2.45, 2.75) is 25.3 Å². The summed E-state index contributed by atoms with van der Waals surface area (Å²) in [4.78, 5) is 26.3. The molecule has 0 saturated carbocycles. The van der Waals surface area contributed by atoms with Gasteiger partial charge in [-0.25, -0.2) is 4.79 Å². The molecule has 0 radical (unpaired) electrons. The van der Waals surface area contributed by atoms with Crippen LogP contribution in [0.4, 0.5) is 10.5 Å². The first-order valence-corrected chi connectivity index (χ1v) is 7.59. The summed E-state index contributed by atoms with van der Waals surface area (Å²) < 4.78 is 0. The molecule has 6 heteroatoms. The minimum absolute atomic E-state index is 0.0370. The summed E-state index contributed by atoms with van der Waals surface area (Å²) in [6.07, 6.45) is 1.94. The zero-order valence-electron chi connectivity index (χ0n) is 12.9. The van der Waals surface area contributed by atoms with E-state index in [0.29, 0.717) is 0 Å². The molecule has 1 saturated heterocycles. The number of nitrogens with zero attached hydrogens (tertiary/aromatic N) is 2. The van der Waals surface area contributed by atoms with Gasteiger partial charge in [0.1, 0.15) is 0 Å². The van der Waals surface area contributed by atoms with E-state index in [9.17, 15) is 9.59 Å². The van der Waals surface area contributed by atoms with Gasteiger partial charge in [-0.1, -0.05) is 18.2 Å². The normalized spacial score (nSPS) is 17.9. The van der Waals surface area contributed by atoms with Crippen LogP contribution in [0.3, 0.4) is 0 Å². The van der Waals surface area contributed by atoms with Crippen LogP contribution in [0.25, 0.3) is 0 Å². The minimum atomic E-state index is -0.896. The largest absolute Gasteiger partial charge is 0.481 e. The summed E-state index contributed by atoms with van der Waals surface area (Å²) >= 11 is 0. The number of aliphatic carboxylic acids is 1. The zero-order chi connectivity index (χ0) is 15.9. The first-order valence-electron chi connectivity index (χ1n) is 7.59. The number of hydrogen-bond donors (Lipinski definition) is 2. The fourth-order valence-electron chi connectivity index (χ4n) is 2.62. The molecule has 22 heavy (non-hydrogen) atoms. The van der Waals surface area contributed by atoms with E-state index in [1.165, 1.54) is 10.6 Å². The monoisotopic (exact) mass is 305 g/mol. The van der Waals surface area contributed by atoms with E-state index in [2.05, 4.69) is 22.3 Å². The lowest BCUT2D eigenvalue weighted by Crippen LogP contribution is -2.51. The Balaban J connectivity index is 1.85. The highest BCUT2D eigenvalue weighted by Crippen LogP contribution is 2.19. The topological polar surface area (TPSA) is 72.9 Å². The quantitative estimate of drug-likeness (QED) is 0.869. The first-order chi connectivity index (χ1) is 10.6. The fourth-order valence-corrected chi connectivity index (χ4v) is 2.62. The molecule has 1 aromatic rings. The van der Waals surface area contributed by atoms with Crippen LogP contribution in [0.5, 0.6) is 0 Å². The Morgan fingerprint density at radius 2 is 2.09 bits per heavy atom. The molecule has 0 aromatic heterocycles. The van der Waals surface area contributed by atoms with E-state index in [-0.39, 0.29) is 25.0 Å². The predicted octanol–water partition coefficient (Wildman–Crippen LogP) is 1.77. The summed E-state index contributed by atoms with van der Waals surface area (Å²) in [5.74, 6) is -0.896. The summed E-state index contributed by atoms with van der Waals surface area (Å²) in [6.45, 7) is 1.99. The molecule has 1 atom stereocenters. The molecular formula is C16H23N3O3. The van der Waals surface area contributed by atoms with Crippen LogP contribution in [-0.4, -0.2) is 54.7 Å². The Morgan fingerprint density at radius 1 is 1.36 bits per heavy atom. The van der Waals surface area contributed by atoms with Crippen LogP contribution < -0.4 is 10.2 Å². The average Bonchev–Trinajstić information content (AvgIpc) is 2.53. The highest BCUT2D eigenvalue weighted by molar-refractivity contribution is 5.75. The van der Waals surface area contributed by atoms with Crippen molar-refractivity contribution < 1.29 is 14.7 Å². The Hall–Kier alpha value is -2.24. The molecule has 2 amide bonds. The molecule has 1 aliphatic rings. The molecular weight excluding hydrogens is 282 g/mol. The van der Waals surface area contributed by atoms with E-state index in [0.717, 1.165) is 25.9 Å².